The third kappa shape index (κ3) is 5.44. The number of benzene rings is 2. The Hall–Kier alpha value is -3.64. The van der Waals surface area contributed by atoms with Gasteiger partial charge in [-0.2, -0.15) is 0 Å². The molecule has 0 aliphatic carbocycles. The van der Waals surface area contributed by atoms with Crippen molar-refractivity contribution in [1.82, 2.24) is 14.8 Å². The van der Waals surface area contributed by atoms with Gasteiger partial charge in [0.25, 0.3) is 5.91 Å². The van der Waals surface area contributed by atoms with Crippen LogP contribution in [-0.4, -0.2) is 75.9 Å². The summed E-state index contributed by atoms with van der Waals surface area (Å²) in [7, 11) is 0. The smallest absolute Gasteiger partial charge is 0.413 e. The first-order valence-corrected chi connectivity index (χ1v) is 13.5. The maximum Gasteiger partial charge on any atom is 0.413 e. The van der Waals surface area contributed by atoms with Crippen LogP contribution in [0.25, 0.3) is 21.3 Å². The molecule has 0 bridgehead atoms. The van der Waals surface area contributed by atoms with Gasteiger partial charge in [-0.1, -0.05) is 22.9 Å². The lowest BCUT2D eigenvalue weighted by Gasteiger charge is -2.41. The molecule has 1 aromatic heterocycles. The van der Waals surface area contributed by atoms with Crippen LogP contribution in [0.1, 0.15) is 37.6 Å². The van der Waals surface area contributed by atoms with E-state index >= 15 is 0 Å². The van der Waals surface area contributed by atoms with E-state index < -0.39 is 23.6 Å². The van der Waals surface area contributed by atoms with Crippen molar-refractivity contribution in [2.75, 3.05) is 31.6 Å². The third-order valence-corrected chi connectivity index (χ3v) is 7.71. The van der Waals surface area contributed by atoms with E-state index in [9.17, 15) is 23.9 Å². The van der Waals surface area contributed by atoms with Crippen molar-refractivity contribution in [3.8, 4) is 16.9 Å². The minimum atomic E-state index is -1.02. The van der Waals surface area contributed by atoms with Gasteiger partial charge in [-0.25, -0.2) is 19.0 Å². The molecule has 0 radical (unpaired) electrons. The molecule has 2 N–H and O–H groups in total. The fraction of sp³-hybridized carbons (Fsp3) is 0.385. The van der Waals surface area contributed by atoms with Crippen molar-refractivity contribution in [3.05, 3.63) is 40.7 Å². The van der Waals surface area contributed by atoms with E-state index in [2.05, 4.69) is 10.3 Å². The second-order valence-electron chi connectivity index (χ2n) is 10.3. The molecule has 13 heteroatoms. The topological polar surface area (TPSA) is 121 Å². The number of anilines is 1. The van der Waals surface area contributed by atoms with Crippen LogP contribution < -0.4 is 10.1 Å². The summed E-state index contributed by atoms with van der Waals surface area (Å²) in [6, 6.07) is 5.67. The largest absolute Gasteiger partial charge is 0.493 e. The van der Waals surface area contributed by atoms with Gasteiger partial charge in [-0.3, -0.25) is 10.1 Å². The molecular formula is C26H26ClFN4O6S. The molecule has 5 rings (SSSR count). The lowest BCUT2D eigenvalue weighted by atomic mass is 9.99. The average molecular weight is 577 g/mol. The summed E-state index contributed by atoms with van der Waals surface area (Å²) in [4.78, 5) is 44.5. The van der Waals surface area contributed by atoms with Crippen molar-refractivity contribution >= 4 is 56.4 Å². The monoisotopic (exact) mass is 576 g/mol. The number of carboxylic acid groups (broad SMARTS) is 1. The normalized spacial score (nSPS) is 17.6. The van der Waals surface area contributed by atoms with E-state index in [0.717, 1.165) is 11.3 Å². The summed E-state index contributed by atoms with van der Waals surface area (Å²) in [5.74, 6) is -0.489. The lowest BCUT2D eigenvalue weighted by Crippen LogP contribution is -2.57. The predicted octanol–water partition coefficient (Wildman–Crippen LogP) is 5.69. The number of nitrogens with one attached hydrogen (secondary N) is 1. The zero-order valence-electron chi connectivity index (χ0n) is 21.4. The van der Waals surface area contributed by atoms with Crippen molar-refractivity contribution in [2.24, 2.45) is 0 Å². The number of aromatic nitrogens is 1. The summed E-state index contributed by atoms with van der Waals surface area (Å²) in [6.45, 7) is 6.14. The van der Waals surface area contributed by atoms with Crippen molar-refractivity contribution in [1.29, 1.82) is 0 Å². The van der Waals surface area contributed by atoms with Crippen LogP contribution in [0.5, 0.6) is 5.75 Å². The number of carbonyl (C=O) groups excluding carboxylic acids is 2. The number of piperazine rings is 1. The highest BCUT2D eigenvalue weighted by molar-refractivity contribution is 7.22. The average Bonchev–Trinajstić information content (AvgIpc) is 3.27. The predicted molar refractivity (Wildman–Crippen MR) is 144 cm³/mol. The zero-order valence-corrected chi connectivity index (χ0v) is 23.0. The van der Waals surface area contributed by atoms with Gasteiger partial charge in [-0.05, 0) is 45.0 Å². The minimum absolute atomic E-state index is 0.158. The van der Waals surface area contributed by atoms with E-state index in [-0.39, 0.29) is 64.1 Å². The Bertz CT molecular complexity index is 1490. The molecule has 1 atom stereocenters. The molecule has 2 aromatic carbocycles. The molecule has 0 saturated carbocycles. The summed E-state index contributed by atoms with van der Waals surface area (Å²) in [5.41, 5.74) is 0.817. The molecule has 1 fully saturated rings. The summed E-state index contributed by atoms with van der Waals surface area (Å²) < 4.78 is 26.2. The molecule has 2 aliphatic rings. The van der Waals surface area contributed by atoms with Gasteiger partial charge in [0.1, 0.15) is 17.2 Å². The molecule has 2 aliphatic heterocycles. The molecule has 3 aromatic rings. The maximum absolute atomic E-state index is 14.7. The van der Waals surface area contributed by atoms with E-state index in [1.807, 2.05) is 0 Å². The van der Waals surface area contributed by atoms with Crippen LogP contribution in [0.3, 0.4) is 0 Å². The first kappa shape index (κ1) is 26.9. The molecule has 3 heterocycles. The third-order valence-electron chi connectivity index (χ3n) is 6.42. The van der Waals surface area contributed by atoms with Crippen LogP contribution in [0.4, 0.5) is 19.1 Å². The van der Waals surface area contributed by atoms with Crippen molar-refractivity contribution < 1.29 is 33.4 Å². The summed E-state index contributed by atoms with van der Waals surface area (Å²) in [6.07, 6.45) is -1.27. The van der Waals surface area contributed by atoms with E-state index in [1.165, 1.54) is 23.1 Å². The Balaban J connectivity index is 1.49. The Kier molecular flexibility index (Phi) is 7.02. The molecule has 10 nitrogen and oxygen atoms in total. The minimum Gasteiger partial charge on any atom is -0.493 e. The second-order valence-corrected chi connectivity index (χ2v) is 11.7. The molecule has 0 spiro atoms. The Morgan fingerprint density at radius 1 is 1.23 bits per heavy atom. The quantitative estimate of drug-likeness (QED) is 0.402. The number of hydrogen-bond donors (Lipinski definition) is 2. The van der Waals surface area contributed by atoms with Crippen LogP contribution >= 0.6 is 22.9 Å². The molecule has 0 unspecified atom stereocenters. The van der Waals surface area contributed by atoms with Crippen LogP contribution in [0, 0.1) is 5.82 Å². The number of rotatable bonds is 2. The highest BCUT2D eigenvalue weighted by Crippen LogP contribution is 2.41. The van der Waals surface area contributed by atoms with Gasteiger partial charge < -0.3 is 24.4 Å². The maximum atomic E-state index is 14.7. The standard InChI is InChI=1S/C26H26ClFN4O6S/c1-26(2,3)38-24(34)30-23-29-20-14(4-5-18(28)21(20)39-23)15-11-19-16(10-17(15)27)22(33)32-8-7-31(25(35)36)12-13(32)6-9-37-19/h4-5,10-11,13H,6-9,12H2,1-3H3,(H,35,36)(H,29,30,34)/t13-/m0/s1. The zero-order chi connectivity index (χ0) is 28.1. The second kappa shape index (κ2) is 10.2. The first-order valence-electron chi connectivity index (χ1n) is 12.3. The molecular weight excluding hydrogens is 551 g/mol. The van der Waals surface area contributed by atoms with Crippen molar-refractivity contribution in [2.45, 2.75) is 38.8 Å². The molecule has 1 saturated heterocycles. The molecule has 206 valence electrons. The fourth-order valence-corrected chi connectivity index (χ4v) is 5.83. The number of fused-ring (bicyclic) bond motifs is 3. The Labute approximate surface area is 232 Å². The van der Waals surface area contributed by atoms with E-state index in [4.69, 9.17) is 21.1 Å². The fourth-order valence-electron chi connectivity index (χ4n) is 4.69. The molecule has 3 amide bonds. The highest BCUT2D eigenvalue weighted by atomic mass is 35.5. The van der Waals surface area contributed by atoms with Crippen LogP contribution in [0.15, 0.2) is 24.3 Å². The number of thiazole rings is 1. The number of amides is 3. The van der Waals surface area contributed by atoms with E-state index in [1.54, 1.807) is 31.7 Å². The summed E-state index contributed by atoms with van der Waals surface area (Å²) >= 11 is 7.64. The lowest BCUT2D eigenvalue weighted by molar-refractivity contribution is 0.0374. The van der Waals surface area contributed by atoms with Gasteiger partial charge in [0.2, 0.25) is 0 Å². The first-order chi connectivity index (χ1) is 18.4. The van der Waals surface area contributed by atoms with Crippen LogP contribution in [0.2, 0.25) is 5.02 Å². The van der Waals surface area contributed by atoms with Gasteiger partial charge in [0.15, 0.2) is 5.13 Å². The Morgan fingerprint density at radius 3 is 2.72 bits per heavy atom. The van der Waals surface area contributed by atoms with Gasteiger partial charge in [-0.15, -0.1) is 0 Å². The molecule has 39 heavy (non-hydrogen) atoms. The van der Waals surface area contributed by atoms with Gasteiger partial charge >= 0.3 is 12.2 Å². The number of hydrogen-bond acceptors (Lipinski definition) is 7. The van der Waals surface area contributed by atoms with E-state index in [0.29, 0.717) is 23.3 Å². The summed E-state index contributed by atoms with van der Waals surface area (Å²) in [5, 5.41) is 12.3. The van der Waals surface area contributed by atoms with Gasteiger partial charge in [0, 0.05) is 42.2 Å². The number of halogens is 2. The SMILES string of the molecule is CC(C)(C)OC(=O)Nc1nc2c(-c3cc4c(cc3Cl)C(=O)N3CCN(C(=O)O)C[C@@H]3CCO4)ccc(F)c2s1. The van der Waals surface area contributed by atoms with Crippen LogP contribution in [-0.2, 0) is 4.74 Å². The number of carbonyl (C=O) groups is 3. The highest BCUT2D eigenvalue weighted by Gasteiger charge is 2.36. The number of ether oxygens (including phenoxy) is 2. The Morgan fingerprint density at radius 2 is 2.00 bits per heavy atom. The number of nitrogens with zero attached hydrogens (tertiary/aromatic N) is 3. The van der Waals surface area contributed by atoms with Gasteiger partial charge in [0.05, 0.1) is 28.4 Å². The van der Waals surface area contributed by atoms with Crippen molar-refractivity contribution in [3.63, 3.8) is 0 Å².